The van der Waals surface area contributed by atoms with Crippen molar-refractivity contribution in [1.29, 1.82) is 5.41 Å². The number of carbonyl (C=O) groups is 3. The third-order valence-electron chi connectivity index (χ3n) is 7.55. The molecule has 3 aromatic rings. The van der Waals surface area contributed by atoms with Crippen molar-refractivity contribution in [3.05, 3.63) is 94.0 Å². The van der Waals surface area contributed by atoms with E-state index in [0.717, 1.165) is 71.9 Å². The van der Waals surface area contributed by atoms with Crippen molar-refractivity contribution in [2.75, 3.05) is 6.61 Å². The highest BCUT2D eigenvalue weighted by Gasteiger charge is 2.16. The van der Waals surface area contributed by atoms with Crippen molar-refractivity contribution < 1.29 is 19.1 Å². The van der Waals surface area contributed by atoms with Crippen LogP contribution in [-0.2, 0) is 20.7 Å². The SMILES string of the molecule is C.CC(C)=O.CCCCCCCC(=N)c1ccc(CCCCC(=O)OCC)c(-c2cc(C(=O)c3ccccc3C)ccc2C)c1. The Labute approximate surface area is 272 Å². The molecule has 0 saturated heterocycles. The Hall–Kier alpha value is -3.86. The molecule has 0 aliphatic heterocycles. The number of ketones is 2. The molecule has 0 saturated carbocycles. The number of rotatable bonds is 16. The fourth-order valence-corrected chi connectivity index (χ4v) is 5.14. The third-order valence-corrected chi connectivity index (χ3v) is 7.55. The van der Waals surface area contributed by atoms with E-state index in [4.69, 9.17) is 10.1 Å². The third kappa shape index (κ3) is 13.3. The summed E-state index contributed by atoms with van der Waals surface area (Å²) in [6.07, 6.45) is 9.50. The van der Waals surface area contributed by atoms with Crippen molar-refractivity contribution in [2.24, 2.45) is 0 Å². The minimum absolute atomic E-state index is 0. The maximum Gasteiger partial charge on any atom is 0.305 e. The quantitative estimate of drug-likeness (QED) is 0.0754. The van der Waals surface area contributed by atoms with Crippen LogP contribution in [0.3, 0.4) is 0 Å². The number of hydrogen-bond donors (Lipinski definition) is 1. The first-order chi connectivity index (χ1) is 21.1. The van der Waals surface area contributed by atoms with Crippen LogP contribution in [0.2, 0.25) is 0 Å². The normalized spacial score (nSPS) is 10.3. The first kappa shape index (κ1) is 39.2. The molecule has 1 N–H and O–H groups in total. The second-order valence-electron chi connectivity index (χ2n) is 11.6. The number of aryl methyl sites for hydroxylation is 3. The first-order valence-corrected chi connectivity index (χ1v) is 16.1. The minimum Gasteiger partial charge on any atom is -0.466 e. The lowest BCUT2D eigenvalue weighted by molar-refractivity contribution is -0.143. The highest BCUT2D eigenvalue weighted by molar-refractivity contribution is 6.10. The van der Waals surface area contributed by atoms with Crippen LogP contribution in [0.4, 0.5) is 0 Å². The summed E-state index contributed by atoms with van der Waals surface area (Å²) >= 11 is 0. The molecule has 5 nitrogen and oxygen atoms in total. The molecular weight excluding hydrogens is 558 g/mol. The van der Waals surface area contributed by atoms with Gasteiger partial charge in [0.1, 0.15) is 5.78 Å². The zero-order chi connectivity index (χ0) is 32.5. The lowest BCUT2D eigenvalue weighted by atomic mass is 9.88. The van der Waals surface area contributed by atoms with Crippen LogP contribution >= 0.6 is 0 Å². The van der Waals surface area contributed by atoms with Gasteiger partial charge in [-0.2, -0.15) is 0 Å². The van der Waals surface area contributed by atoms with Gasteiger partial charge >= 0.3 is 5.97 Å². The molecule has 0 aliphatic carbocycles. The molecule has 0 fully saturated rings. The Kier molecular flexibility index (Phi) is 18.3. The van der Waals surface area contributed by atoms with E-state index in [1.165, 1.54) is 38.7 Å². The molecule has 0 spiro atoms. The van der Waals surface area contributed by atoms with E-state index >= 15 is 0 Å². The van der Waals surface area contributed by atoms with E-state index in [1.54, 1.807) is 0 Å². The second-order valence-corrected chi connectivity index (χ2v) is 11.6. The zero-order valence-electron chi connectivity index (χ0n) is 27.7. The first-order valence-electron chi connectivity index (χ1n) is 16.1. The summed E-state index contributed by atoms with van der Waals surface area (Å²) in [6.45, 7) is 11.6. The van der Waals surface area contributed by atoms with Gasteiger partial charge in [-0.05, 0) is 112 Å². The van der Waals surface area contributed by atoms with Crippen LogP contribution in [0.5, 0.6) is 0 Å². The fraction of sp³-hybridized carbons (Fsp3) is 0.450. The van der Waals surface area contributed by atoms with Gasteiger partial charge in [-0.3, -0.25) is 9.59 Å². The molecule has 0 radical (unpaired) electrons. The monoisotopic (exact) mass is 613 g/mol. The van der Waals surface area contributed by atoms with Gasteiger partial charge in [-0.15, -0.1) is 0 Å². The van der Waals surface area contributed by atoms with E-state index in [-0.39, 0.29) is 25.0 Å². The maximum atomic E-state index is 13.5. The van der Waals surface area contributed by atoms with Gasteiger partial charge < -0.3 is 14.9 Å². The van der Waals surface area contributed by atoms with Gasteiger partial charge in [-0.25, -0.2) is 0 Å². The summed E-state index contributed by atoms with van der Waals surface area (Å²) < 4.78 is 5.08. The maximum absolute atomic E-state index is 13.5. The average molecular weight is 614 g/mol. The van der Waals surface area contributed by atoms with Crippen LogP contribution in [0.15, 0.2) is 60.7 Å². The summed E-state index contributed by atoms with van der Waals surface area (Å²) in [5.74, 6) is 0.0371. The van der Waals surface area contributed by atoms with Gasteiger partial charge in [0.2, 0.25) is 0 Å². The van der Waals surface area contributed by atoms with Gasteiger partial charge in [0.25, 0.3) is 0 Å². The van der Waals surface area contributed by atoms with E-state index in [1.807, 2.05) is 56.3 Å². The number of carbonyl (C=O) groups excluding carboxylic acids is 3. The Bertz CT molecular complexity index is 1400. The van der Waals surface area contributed by atoms with Crippen LogP contribution < -0.4 is 0 Å². The van der Waals surface area contributed by atoms with Crippen LogP contribution in [-0.4, -0.2) is 29.9 Å². The van der Waals surface area contributed by atoms with Crippen molar-refractivity contribution in [3.8, 4) is 11.1 Å². The number of Topliss-reactive ketones (excluding diaryl/α,β-unsaturated/α-hetero) is 1. The summed E-state index contributed by atoms with van der Waals surface area (Å²) in [4.78, 5) is 34.7. The summed E-state index contributed by atoms with van der Waals surface area (Å²) in [5, 5.41) is 8.79. The number of esters is 1. The van der Waals surface area contributed by atoms with Gasteiger partial charge in [0, 0.05) is 23.3 Å². The van der Waals surface area contributed by atoms with Gasteiger partial charge in [0.05, 0.1) is 6.61 Å². The molecule has 0 aliphatic rings. The fourth-order valence-electron chi connectivity index (χ4n) is 5.14. The number of hydrogen-bond acceptors (Lipinski definition) is 5. The number of unbranched alkanes of at least 4 members (excludes halogenated alkanes) is 5. The molecule has 244 valence electrons. The Morgan fingerprint density at radius 3 is 2.00 bits per heavy atom. The highest BCUT2D eigenvalue weighted by atomic mass is 16.5. The second kappa shape index (κ2) is 21.0. The average Bonchev–Trinajstić information content (AvgIpc) is 2.99. The molecule has 0 aromatic heterocycles. The predicted molar refractivity (Wildman–Crippen MR) is 189 cm³/mol. The van der Waals surface area contributed by atoms with E-state index in [9.17, 15) is 14.4 Å². The Morgan fingerprint density at radius 2 is 1.33 bits per heavy atom. The number of nitrogens with one attached hydrogen (secondary N) is 1. The van der Waals surface area contributed by atoms with Gasteiger partial charge in [0.15, 0.2) is 5.78 Å². The highest BCUT2D eigenvalue weighted by Crippen LogP contribution is 2.32. The lowest BCUT2D eigenvalue weighted by Gasteiger charge is -2.16. The Morgan fingerprint density at radius 1 is 0.711 bits per heavy atom. The van der Waals surface area contributed by atoms with Crippen LogP contribution in [0.25, 0.3) is 11.1 Å². The predicted octanol–water partition coefficient (Wildman–Crippen LogP) is 10.4. The molecule has 3 aromatic carbocycles. The molecule has 0 unspecified atom stereocenters. The van der Waals surface area contributed by atoms with E-state index in [0.29, 0.717) is 24.3 Å². The van der Waals surface area contributed by atoms with Crippen LogP contribution in [0, 0.1) is 19.3 Å². The van der Waals surface area contributed by atoms with Crippen molar-refractivity contribution >= 4 is 23.2 Å². The molecule has 0 amide bonds. The molecule has 0 atom stereocenters. The molecule has 0 bridgehead atoms. The molecule has 5 heteroatoms. The number of ether oxygens (including phenoxy) is 1. The molecule has 45 heavy (non-hydrogen) atoms. The summed E-state index contributed by atoms with van der Waals surface area (Å²) in [6, 6.07) is 20.0. The van der Waals surface area contributed by atoms with Crippen molar-refractivity contribution in [1.82, 2.24) is 0 Å². The zero-order valence-corrected chi connectivity index (χ0v) is 27.7. The Balaban J connectivity index is 0.00000191. The topological polar surface area (TPSA) is 84.3 Å². The van der Waals surface area contributed by atoms with Crippen molar-refractivity contribution in [2.45, 2.75) is 113 Å². The smallest absolute Gasteiger partial charge is 0.305 e. The van der Waals surface area contributed by atoms with E-state index < -0.39 is 0 Å². The van der Waals surface area contributed by atoms with Crippen molar-refractivity contribution in [3.63, 3.8) is 0 Å². The molecular formula is C40H55NO4. The molecule has 3 rings (SSSR count). The summed E-state index contributed by atoms with van der Waals surface area (Å²) in [7, 11) is 0. The van der Waals surface area contributed by atoms with E-state index in [2.05, 4.69) is 32.0 Å². The molecule has 0 heterocycles. The largest absolute Gasteiger partial charge is 0.466 e. The standard InChI is InChI=1S/C36H45NO3.C3H6O.CH4/c1-5-7-8-9-10-18-34(37)29-23-22-28(16-12-14-19-35(38)40-6-2)33(24-29)32-25-30(21-20-27(32)4)36(39)31-17-13-11-15-26(31)3;1-3(2)4;/h11,13,15,17,20-25,37H,5-10,12,14,16,18-19H2,1-4H3;1-2H3;1H4. The van der Waals surface area contributed by atoms with Crippen LogP contribution in [0.1, 0.15) is 131 Å². The minimum atomic E-state index is -0.149. The summed E-state index contributed by atoms with van der Waals surface area (Å²) in [5.41, 5.74) is 8.32. The lowest BCUT2D eigenvalue weighted by Crippen LogP contribution is -2.06. The number of benzene rings is 3. The van der Waals surface area contributed by atoms with Gasteiger partial charge in [-0.1, -0.05) is 88.6 Å².